The SMILES string of the molecule is OC(/C=C/I)CCCCCC1CCCCC1. The van der Waals surface area contributed by atoms with Gasteiger partial charge in [0.05, 0.1) is 6.10 Å². The Bertz CT molecular complexity index is 185. The number of aliphatic hydroxyl groups is 1. The Morgan fingerprint density at radius 1 is 1.12 bits per heavy atom. The first kappa shape index (κ1) is 14.5. The summed E-state index contributed by atoms with van der Waals surface area (Å²) >= 11 is 2.16. The fraction of sp³-hybridized carbons (Fsp3) is 0.857. The Kier molecular flexibility index (Phi) is 8.57. The van der Waals surface area contributed by atoms with Crippen molar-refractivity contribution in [3.8, 4) is 0 Å². The predicted molar refractivity (Wildman–Crippen MR) is 78.8 cm³/mol. The van der Waals surface area contributed by atoms with E-state index in [0.29, 0.717) is 0 Å². The molecule has 1 atom stereocenters. The van der Waals surface area contributed by atoms with Gasteiger partial charge in [-0.2, -0.15) is 0 Å². The van der Waals surface area contributed by atoms with E-state index in [2.05, 4.69) is 22.6 Å². The molecule has 1 rings (SSSR count). The summed E-state index contributed by atoms with van der Waals surface area (Å²) in [4.78, 5) is 0. The Hall–Kier alpha value is 0.430. The van der Waals surface area contributed by atoms with E-state index in [1.807, 2.05) is 10.2 Å². The summed E-state index contributed by atoms with van der Waals surface area (Å²) in [6, 6.07) is 0. The lowest BCUT2D eigenvalue weighted by molar-refractivity contribution is 0.207. The minimum atomic E-state index is -0.216. The van der Waals surface area contributed by atoms with Crippen LogP contribution < -0.4 is 0 Å². The number of aliphatic hydroxyl groups excluding tert-OH is 1. The van der Waals surface area contributed by atoms with Crippen molar-refractivity contribution in [2.45, 2.75) is 70.3 Å². The molecule has 1 unspecified atom stereocenters. The van der Waals surface area contributed by atoms with Gasteiger partial charge in [-0.25, -0.2) is 0 Å². The smallest absolute Gasteiger partial charge is 0.0728 e. The van der Waals surface area contributed by atoms with Gasteiger partial charge in [0.15, 0.2) is 0 Å². The molecule has 0 aromatic rings. The van der Waals surface area contributed by atoms with E-state index in [-0.39, 0.29) is 6.10 Å². The Morgan fingerprint density at radius 2 is 1.88 bits per heavy atom. The van der Waals surface area contributed by atoms with Crippen molar-refractivity contribution in [2.24, 2.45) is 5.92 Å². The van der Waals surface area contributed by atoms with E-state index in [1.54, 1.807) is 0 Å². The first-order valence-corrected chi connectivity index (χ1v) is 8.02. The second-order valence-electron chi connectivity index (χ2n) is 5.03. The molecular weight excluding hydrogens is 311 g/mol. The molecule has 1 aliphatic rings. The fourth-order valence-electron chi connectivity index (χ4n) is 2.62. The quantitative estimate of drug-likeness (QED) is 0.522. The normalized spacial score (nSPS) is 20.4. The van der Waals surface area contributed by atoms with Gasteiger partial charge in [-0.1, -0.05) is 86.5 Å². The molecule has 1 nitrogen and oxygen atoms in total. The molecule has 1 N–H and O–H groups in total. The zero-order chi connectivity index (χ0) is 11.6. The standard InChI is InChI=1S/C14H25IO/c15-12-11-14(16)10-6-2-5-9-13-7-3-1-4-8-13/h11-14,16H,1-10H2/b12-11+. The summed E-state index contributed by atoms with van der Waals surface area (Å²) in [6.45, 7) is 0. The summed E-state index contributed by atoms with van der Waals surface area (Å²) in [5.41, 5.74) is 0. The minimum absolute atomic E-state index is 0.216. The highest BCUT2D eigenvalue weighted by Crippen LogP contribution is 2.28. The van der Waals surface area contributed by atoms with E-state index >= 15 is 0 Å². The summed E-state index contributed by atoms with van der Waals surface area (Å²) in [7, 11) is 0. The van der Waals surface area contributed by atoms with Crippen molar-refractivity contribution >= 4 is 22.6 Å². The second kappa shape index (κ2) is 9.46. The van der Waals surface area contributed by atoms with E-state index in [9.17, 15) is 5.11 Å². The van der Waals surface area contributed by atoms with Gasteiger partial charge in [0.1, 0.15) is 0 Å². The molecule has 2 heteroatoms. The molecule has 0 spiro atoms. The van der Waals surface area contributed by atoms with Gasteiger partial charge < -0.3 is 5.11 Å². The van der Waals surface area contributed by atoms with Crippen LogP contribution in [0.5, 0.6) is 0 Å². The zero-order valence-corrected chi connectivity index (χ0v) is 12.4. The van der Waals surface area contributed by atoms with E-state index in [4.69, 9.17) is 0 Å². The average Bonchev–Trinajstić information content (AvgIpc) is 2.30. The molecule has 1 saturated carbocycles. The molecular formula is C14H25IO. The largest absolute Gasteiger partial charge is 0.389 e. The monoisotopic (exact) mass is 336 g/mol. The molecule has 0 heterocycles. The van der Waals surface area contributed by atoms with Gasteiger partial charge in [-0.05, 0) is 16.4 Å². The molecule has 0 bridgehead atoms. The maximum Gasteiger partial charge on any atom is 0.0728 e. The predicted octanol–water partition coefficient (Wildman–Crippen LogP) is 4.83. The van der Waals surface area contributed by atoms with Crippen LogP contribution in [0.3, 0.4) is 0 Å². The third-order valence-corrected chi connectivity index (χ3v) is 4.05. The molecule has 0 aromatic carbocycles. The molecule has 94 valence electrons. The number of hydrogen-bond acceptors (Lipinski definition) is 1. The lowest BCUT2D eigenvalue weighted by Gasteiger charge is -2.21. The highest BCUT2D eigenvalue weighted by Gasteiger charge is 2.12. The third kappa shape index (κ3) is 6.89. The van der Waals surface area contributed by atoms with Gasteiger partial charge in [0.25, 0.3) is 0 Å². The first-order valence-electron chi connectivity index (χ1n) is 6.78. The molecule has 1 fully saturated rings. The molecule has 0 saturated heterocycles. The average molecular weight is 336 g/mol. The van der Waals surface area contributed by atoms with Gasteiger partial charge in [-0.15, -0.1) is 0 Å². The van der Waals surface area contributed by atoms with Crippen molar-refractivity contribution in [2.75, 3.05) is 0 Å². The number of halogens is 1. The van der Waals surface area contributed by atoms with E-state index < -0.39 is 0 Å². The molecule has 0 radical (unpaired) electrons. The van der Waals surface area contributed by atoms with Crippen molar-refractivity contribution in [1.82, 2.24) is 0 Å². The summed E-state index contributed by atoms with van der Waals surface area (Å²) in [5.74, 6) is 1.02. The molecule has 0 aliphatic heterocycles. The van der Waals surface area contributed by atoms with Crippen molar-refractivity contribution in [3.05, 3.63) is 10.2 Å². The summed E-state index contributed by atoms with van der Waals surface area (Å²) in [5, 5.41) is 9.51. The topological polar surface area (TPSA) is 20.2 Å². The highest BCUT2D eigenvalue weighted by atomic mass is 127. The Labute approximate surface area is 114 Å². The van der Waals surface area contributed by atoms with Crippen LogP contribution in [-0.2, 0) is 0 Å². The van der Waals surface area contributed by atoms with Crippen molar-refractivity contribution < 1.29 is 5.11 Å². The first-order chi connectivity index (χ1) is 7.83. The van der Waals surface area contributed by atoms with Crippen LogP contribution in [0.25, 0.3) is 0 Å². The summed E-state index contributed by atoms with van der Waals surface area (Å²) < 4.78 is 1.91. The molecule has 16 heavy (non-hydrogen) atoms. The second-order valence-corrected chi connectivity index (χ2v) is 5.75. The minimum Gasteiger partial charge on any atom is -0.389 e. The lowest BCUT2D eigenvalue weighted by atomic mass is 9.85. The van der Waals surface area contributed by atoms with E-state index in [0.717, 1.165) is 12.3 Å². The van der Waals surface area contributed by atoms with Crippen LogP contribution in [0.4, 0.5) is 0 Å². The molecule has 1 aliphatic carbocycles. The third-order valence-electron chi connectivity index (χ3n) is 3.63. The fourth-order valence-corrected chi connectivity index (χ4v) is 3.10. The van der Waals surface area contributed by atoms with Gasteiger partial charge >= 0.3 is 0 Å². The van der Waals surface area contributed by atoms with Gasteiger partial charge in [0.2, 0.25) is 0 Å². The summed E-state index contributed by atoms with van der Waals surface area (Å²) in [6.07, 6.45) is 15.2. The van der Waals surface area contributed by atoms with Crippen molar-refractivity contribution in [1.29, 1.82) is 0 Å². The lowest BCUT2D eigenvalue weighted by Crippen LogP contribution is -2.06. The van der Waals surface area contributed by atoms with Gasteiger partial charge in [-0.3, -0.25) is 0 Å². The van der Waals surface area contributed by atoms with Crippen LogP contribution in [0.2, 0.25) is 0 Å². The number of rotatable bonds is 7. The molecule has 0 amide bonds. The Morgan fingerprint density at radius 3 is 2.56 bits per heavy atom. The molecule has 0 aromatic heterocycles. The highest BCUT2D eigenvalue weighted by molar-refractivity contribution is 14.1. The van der Waals surface area contributed by atoms with Crippen LogP contribution in [-0.4, -0.2) is 11.2 Å². The van der Waals surface area contributed by atoms with Crippen LogP contribution in [0.15, 0.2) is 10.2 Å². The number of unbranched alkanes of at least 4 members (excludes halogenated alkanes) is 2. The maximum atomic E-state index is 9.51. The van der Waals surface area contributed by atoms with E-state index in [1.165, 1.54) is 57.8 Å². The maximum absolute atomic E-state index is 9.51. The van der Waals surface area contributed by atoms with Crippen molar-refractivity contribution in [3.63, 3.8) is 0 Å². The van der Waals surface area contributed by atoms with Crippen LogP contribution >= 0.6 is 22.6 Å². The Balaban J connectivity index is 1.91. The number of hydrogen-bond donors (Lipinski definition) is 1. The van der Waals surface area contributed by atoms with Crippen LogP contribution in [0, 0.1) is 5.92 Å². The van der Waals surface area contributed by atoms with Crippen LogP contribution in [0.1, 0.15) is 64.2 Å². The van der Waals surface area contributed by atoms with Gasteiger partial charge in [0, 0.05) is 0 Å². The zero-order valence-electron chi connectivity index (χ0n) is 10.2.